The number of aryl methyl sites for hydroxylation is 1. The Morgan fingerprint density at radius 1 is 0.375 bits per heavy atom. The lowest BCUT2D eigenvalue weighted by molar-refractivity contribution is 1.01. The van der Waals surface area contributed by atoms with Crippen LogP contribution in [-0.4, -0.2) is 4.57 Å². The van der Waals surface area contributed by atoms with Crippen LogP contribution in [0.3, 0.4) is 0 Å². The molecule has 1 heteroatoms. The normalized spacial score (nSPS) is 11.3. The molecule has 40 heavy (non-hydrogen) atoms. The lowest BCUT2D eigenvalue weighted by Gasteiger charge is -2.07. The van der Waals surface area contributed by atoms with Crippen LogP contribution in [0.2, 0.25) is 0 Å². The Kier molecular flexibility index (Phi) is 6.26. The summed E-state index contributed by atoms with van der Waals surface area (Å²) in [6.45, 7) is 0. The summed E-state index contributed by atoms with van der Waals surface area (Å²) in [5.74, 6) is 0. The van der Waals surface area contributed by atoms with E-state index in [0.29, 0.717) is 0 Å². The summed E-state index contributed by atoms with van der Waals surface area (Å²) in [6.07, 6.45) is 1.90. The summed E-state index contributed by atoms with van der Waals surface area (Å²) in [6, 6.07) is 53.1. The number of benzene rings is 6. The topological polar surface area (TPSA) is 4.93 Å². The summed E-state index contributed by atoms with van der Waals surface area (Å²) in [5, 5.41) is 2.59. The quantitative estimate of drug-likeness (QED) is 0.208. The molecule has 192 valence electrons. The Balaban J connectivity index is 1.20. The smallest absolute Gasteiger partial charge is 0.0494 e. The van der Waals surface area contributed by atoms with Gasteiger partial charge in [0.25, 0.3) is 0 Å². The van der Waals surface area contributed by atoms with E-state index in [-0.39, 0.29) is 0 Å². The molecule has 0 aliphatic carbocycles. The maximum Gasteiger partial charge on any atom is 0.0494 e. The monoisotopic (exact) mass is 513 g/mol. The Hall–Kier alpha value is -4.88. The van der Waals surface area contributed by atoms with Crippen molar-refractivity contribution in [1.29, 1.82) is 0 Å². The highest BCUT2D eigenvalue weighted by Gasteiger charge is 2.12. The lowest BCUT2D eigenvalue weighted by Crippen LogP contribution is -1.89. The van der Waals surface area contributed by atoms with Crippen LogP contribution in [-0.2, 0) is 19.9 Å². The summed E-state index contributed by atoms with van der Waals surface area (Å²) in [4.78, 5) is 0. The molecule has 0 N–H and O–H groups in total. The van der Waals surface area contributed by atoms with Crippen molar-refractivity contribution in [2.75, 3.05) is 0 Å². The Morgan fingerprint density at radius 3 is 1.65 bits per heavy atom. The number of nitrogens with zero attached hydrogens (tertiary/aromatic N) is 1. The number of aromatic nitrogens is 1. The van der Waals surface area contributed by atoms with E-state index in [4.69, 9.17) is 0 Å². The predicted molar refractivity (Wildman–Crippen MR) is 170 cm³/mol. The van der Waals surface area contributed by atoms with Gasteiger partial charge in [-0.3, -0.25) is 0 Å². The highest BCUT2D eigenvalue weighted by Crippen LogP contribution is 2.35. The first-order chi connectivity index (χ1) is 19.7. The minimum atomic E-state index is 0.946. The molecule has 1 aromatic heterocycles. The van der Waals surface area contributed by atoms with E-state index in [1.165, 1.54) is 66.3 Å². The lowest BCUT2D eigenvalue weighted by atomic mass is 9.97. The van der Waals surface area contributed by atoms with Crippen molar-refractivity contribution >= 4 is 21.8 Å². The molecule has 0 radical (unpaired) electrons. The second kappa shape index (κ2) is 10.4. The predicted octanol–water partition coefficient (Wildman–Crippen LogP) is 9.85. The average molecular weight is 514 g/mol. The molecule has 0 saturated carbocycles. The third-order valence-corrected chi connectivity index (χ3v) is 8.06. The third-order valence-electron chi connectivity index (χ3n) is 8.06. The van der Waals surface area contributed by atoms with Gasteiger partial charge in [0, 0.05) is 28.9 Å². The number of hydrogen-bond donors (Lipinski definition) is 0. The first kappa shape index (κ1) is 24.2. The van der Waals surface area contributed by atoms with Gasteiger partial charge in [0.05, 0.1) is 0 Å². The molecule has 0 spiro atoms. The first-order valence-corrected chi connectivity index (χ1v) is 14.0. The zero-order valence-corrected chi connectivity index (χ0v) is 22.7. The fourth-order valence-corrected chi connectivity index (χ4v) is 5.91. The zero-order chi connectivity index (χ0) is 26.9. The van der Waals surface area contributed by atoms with Gasteiger partial charge in [-0.1, -0.05) is 127 Å². The maximum absolute atomic E-state index is 2.36. The van der Waals surface area contributed by atoms with Gasteiger partial charge in [0.1, 0.15) is 0 Å². The van der Waals surface area contributed by atoms with Crippen LogP contribution < -0.4 is 0 Å². The van der Waals surface area contributed by atoms with E-state index in [9.17, 15) is 0 Å². The van der Waals surface area contributed by atoms with Crippen LogP contribution in [0.15, 0.2) is 146 Å². The van der Waals surface area contributed by atoms with Crippen molar-refractivity contribution in [3.63, 3.8) is 0 Å². The molecule has 0 aliphatic heterocycles. The number of fused-ring (bicyclic) bond motifs is 3. The van der Waals surface area contributed by atoms with E-state index >= 15 is 0 Å². The van der Waals surface area contributed by atoms with E-state index in [1.54, 1.807) is 0 Å². The van der Waals surface area contributed by atoms with Gasteiger partial charge in [-0.15, -0.1) is 0 Å². The fourth-order valence-electron chi connectivity index (χ4n) is 5.91. The van der Waals surface area contributed by atoms with Crippen LogP contribution in [0.1, 0.15) is 22.3 Å². The molecule has 0 aliphatic rings. The molecule has 0 amide bonds. The summed E-state index contributed by atoms with van der Waals surface area (Å²) >= 11 is 0. The second-order valence-electron chi connectivity index (χ2n) is 10.7. The van der Waals surface area contributed by atoms with Crippen molar-refractivity contribution in [3.05, 3.63) is 168 Å². The molecular formula is C39H31N. The van der Waals surface area contributed by atoms with Crippen molar-refractivity contribution in [3.8, 4) is 22.3 Å². The Morgan fingerprint density at radius 2 is 0.925 bits per heavy atom. The second-order valence-corrected chi connectivity index (χ2v) is 10.7. The highest BCUT2D eigenvalue weighted by atomic mass is 14.9. The molecule has 0 atom stereocenters. The first-order valence-electron chi connectivity index (χ1n) is 14.0. The van der Waals surface area contributed by atoms with Gasteiger partial charge in [-0.2, -0.15) is 0 Å². The zero-order valence-electron chi connectivity index (χ0n) is 22.7. The number of rotatable bonds is 6. The number of hydrogen-bond acceptors (Lipinski definition) is 0. The van der Waals surface area contributed by atoms with Gasteiger partial charge in [0.15, 0.2) is 0 Å². The molecule has 0 saturated heterocycles. The average Bonchev–Trinajstić information content (AvgIpc) is 3.29. The van der Waals surface area contributed by atoms with Gasteiger partial charge in [0.2, 0.25) is 0 Å². The molecule has 6 aromatic carbocycles. The minimum absolute atomic E-state index is 0.946. The van der Waals surface area contributed by atoms with Gasteiger partial charge in [-0.05, 0) is 75.5 Å². The minimum Gasteiger partial charge on any atom is -0.344 e. The molecule has 1 nitrogen and oxygen atoms in total. The van der Waals surface area contributed by atoms with Crippen LogP contribution in [0.5, 0.6) is 0 Å². The highest BCUT2D eigenvalue weighted by molar-refractivity contribution is 6.10. The Labute approximate surface area is 236 Å². The summed E-state index contributed by atoms with van der Waals surface area (Å²) in [7, 11) is 2.18. The van der Waals surface area contributed by atoms with Gasteiger partial charge in [-0.25, -0.2) is 0 Å². The van der Waals surface area contributed by atoms with Gasteiger partial charge >= 0.3 is 0 Å². The summed E-state index contributed by atoms with van der Waals surface area (Å²) < 4.78 is 2.33. The molecule has 1 heterocycles. The van der Waals surface area contributed by atoms with E-state index in [1.807, 2.05) is 0 Å². The molecular weight excluding hydrogens is 482 g/mol. The standard InChI is InChI=1S/C39H31N/c1-40-38-22-20-34(33-14-8-13-31(25-33)24-29-11-6-3-7-12-29)26-37(38)36-21-19-35(27-39(36)40)32-17-15-30(16-18-32)23-28-9-4-2-5-10-28/h2-22,25-27H,23-24H2,1H3. The molecule has 0 bridgehead atoms. The van der Waals surface area contributed by atoms with E-state index in [2.05, 4.69) is 157 Å². The molecule has 7 rings (SSSR count). The van der Waals surface area contributed by atoms with E-state index in [0.717, 1.165) is 12.8 Å². The molecule has 0 unspecified atom stereocenters. The SMILES string of the molecule is Cn1c2ccc(-c3cccc(Cc4ccccc4)c3)cc2c2ccc(-c3ccc(Cc4ccccc4)cc3)cc21. The van der Waals surface area contributed by atoms with Crippen molar-refractivity contribution in [2.24, 2.45) is 7.05 Å². The van der Waals surface area contributed by atoms with Crippen molar-refractivity contribution < 1.29 is 0 Å². The summed E-state index contributed by atoms with van der Waals surface area (Å²) in [5.41, 5.74) is 12.9. The third kappa shape index (κ3) is 4.72. The van der Waals surface area contributed by atoms with E-state index < -0.39 is 0 Å². The maximum atomic E-state index is 2.36. The van der Waals surface area contributed by atoms with Gasteiger partial charge < -0.3 is 4.57 Å². The van der Waals surface area contributed by atoms with Crippen LogP contribution in [0.4, 0.5) is 0 Å². The molecule has 0 fully saturated rings. The van der Waals surface area contributed by atoms with Crippen molar-refractivity contribution in [1.82, 2.24) is 4.57 Å². The largest absolute Gasteiger partial charge is 0.344 e. The Bertz CT molecular complexity index is 1930. The van der Waals surface area contributed by atoms with Crippen LogP contribution in [0, 0.1) is 0 Å². The van der Waals surface area contributed by atoms with Crippen LogP contribution >= 0.6 is 0 Å². The molecule has 7 aromatic rings. The van der Waals surface area contributed by atoms with Crippen molar-refractivity contribution in [2.45, 2.75) is 12.8 Å². The van der Waals surface area contributed by atoms with Crippen LogP contribution in [0.25, 0.3) is 44.1 Å². The fraction of sp³-hybridized carbons (Fsp3) is 0.0769.